The monoisotopic (exact) mass is 251 g/mol. The average molecular weight is 251 g/mol. The molecule has 0 radical (unpaired) electrons. The number of β-amino-alcohol motifs (C(OH)–C–C–N with tert-alkyl or cyclic N) is 1. The molecule has 0 aliphatic carbocycles. The van der Waals surface area contributed by atoms with Crippen molar-refractivity contribution in [1.29, 1.82) is 5.41 Å². The van der Waals surface area contributed by atoms with Gasteiger partial charge in [-0.1, -0.05) is 6.92 Å². The summed E-state index contributed by atoms with van der Waals surface area (Å²) in [5.41, 5.74) is 6.16. The number of nitrogen functional groups attached to an aromatic ring is 1. The number of piperidine rings is 1. The smallest absolute Gasteiger partial charge is 0.147 e. The molecule has 1 saturated heterocycles. The number of nitrogens with zero attached hydrogens (tertiary/aromatic N) is 1. The predicted octanol–water partition coefficient (Wildman–Crippen LogP) is 1.32. The molecule has 2 rings (SSSR count). The fraction of sp³-hybridized carbons (Fsp3) is 0.462. The van der Waals surface area contributed by atoms with E-state index in [0.717, 1.165) is 13.0 Å². The molecular weight excluding hydrogens is 233 g/mol. The van der Waals surface area contributed by atoms with Crippen molar-refractivity contribution in [3.63, 3.8) is 0 Å². The van der Waals surface area contributed by atoms with E-state index < -0.39 is 11.9 Å². The number of anilines is 1. The Kier molecular flexibility index (Phi) is 3.52. The summed E-state index contributed by atoms with van der Waals surface area (Å²) in [5.74, 6) is -0.294. The summed E-state index contributed by atoms with van der Waals surface area (Å²) in [4.78, 5) is 1.84. The van der Waals surface area contributed by atoms with Gasteiger partial charge in [-0.05, 0) is 30.5 Å². The Morgan fingerprint density at radius 2 is 2.28 bits per heavy atom. The van der Waals surface area contributed by atoms with Crippen molar-refractivity contribution >= 4 is 11.5 Å². The molecule has 1 fully saturated rings. The number of halogens is 1. The van der Waals surface area contributed by atoms with Crippen LogP contribution in [0.1, 0.15) is 18.9 Å². The van der Waals surface area contributed by atoms with Gasteiger partial charge in [0.2, 0.25) is 0 Å². The first-order chi connectivity index (χ1) is 8.49. The molecule has 4 N–H and O–H groups in total. The van der Waals surface area contributed by atoms with E-state index in [4.69, 9.17) is 11.1 Å². The third-order valence-electron chi connectivity index (χ3n) is 3.52. The van der Waals surface area contributed by atoms with Gasteiger partial charge in [0, 0.05) is 18.7 Å². The first kappa shape index (κ1) is 12.8. The highest BCUT2D eigenvalue weighted by atomic mass is 19.1. The second-order valence-electron chi connectivity index (χ2n) is 4.86. The topological polar surface area (TPSA) is 73.3 Å². The lowest BCUT2D eigenvalue weighted by atomic mass is 9.95. The molecular formula is C13H18FN3O. The van der Waals surface area contributed by atoms with Crippen molar-refractivity contribution in [3.8, 4) is 0 Å². The van der Waals surface area contributed by atoms with Crippen molar-refractivity contribution in [2.45, 2.75) is 19.4 Å². The molecule has 18 heavy (non-hydrogen) atoms. The van der Waals surface area contributed by atoms with Crippen LogP contribution in [0.25, 0.3) is 0 Å². The number of nitrogens with one attached hydrogen (secondary N) is 1. The number of amidine groups is 1. The Labute approximate surface area is 106 Å². The highest BCUT2D eigenvalue weighted by molar-refractivity contribution is 5.95. The molecule has 0 saturated carbocycles. The van der Waals surface area contributed by atoms with E-state index in [2.05, 4.69) is 0 Å². The Morgan fingerprint density at radius 1 is 1.56 bits per heavy atom. The minimum atomic E-state index is -0.425. The Hall–Kier alpha value is -1.62. The molecule has 1 aliphatic rings. The first-order valence-corrected chi connectivity index (χ1v) is 6.06. The molecule has 0 spiro atoms. The number of rotatable bonds is 2. The second-order valence-corrected chi connectivity index (χ2v) is 4.86. The van der Waals surface area contributed by atoms with Crippen LogP contribution >= 0.6 is 0 Å². The molecule has 1 aliphatic heterocycles. The van der Waals surface area contributed by atoms with Gasteiger partial charge in [0.15, 0.2) is 0 Å². The number of hydrogen-bond donors (Lipinski definition) is 3. The van der Waals surface area contributed by atoms with E-state index in [1.165, 1.54) is 6.07 Å². The Morgan fingerprint density at radius 3 is 2.83 bits per heavy atom. The number of aliphatic hydroxyl groups is 1. The van der Waals surface area contributed by atoms with Gasteiger partial charge in [0.25, 0.3) is 0 Å². The van der Waals surface area contributed by atoms with E-state index in [1.54, 1.807) is 12.1 Å². The second kappa shape index (κ2) is 4.94. The van der Waals surface area contributed by atoms with Crippen LogP contribution in [0.3, 0.4) is 0 Å². The number of hydrogen-bond acceptors (Lipinski definition) is 3. The van der Waals surface area contributed by atoms with Crippen LogP contribution in [0.5, 0.6) is 0 Å². The molecule has 98 valence electrons. The van der Waals surface area contributed by atoms with Gasteiger partial charge >= 0.3 is 0 Å². The molecule has 0 amide bonds. The van der Waals surface area contributed by atoms with Crippen LogP contribution < -0.4 is 10.6 Å². The van der Waals surface area contributed by atoms with E-state index in [9.17, 15) is 9.50 Å². The van der Waals surface area contributed by atoms with Crippen LogP contribution in [-0.2, 0) is 0 Å². The molecule has 0 aromatic heterocycles. The van der Waals surface area contributed by atoms with Gasteiger partial charge in [0.05, 0.1) is 11.8 Å². The number of nitrogens with two attached hydrogens (primary N) is 1. The van der Waals surface area contributed by atoms with Gasteiger partial charge in [-0.15, -0.1) is 0 Å². The van der Waals surface area contributed by atoms with E-state index in [-0.39, 0.29) is 11.8 Å². The van der Waals surface area contributed by atoms with Gasteiger partial charge < -0.3 is 15.7 Å². The maximum atomic E-state index is 13.9. The lowest BCUT2D eigenvalue weighted by molar-refractivity contribution is 0.102. The first-order valence-electron chi connectivity index (χ1n) is 6.06. The number of benzene rings is 1. The standard InChI is InChI=1S/C13H18FN3O/c1-8-4-5-17(7-12(8)18)11-3-2-9(13(15)16)6-10(11)14/h2-3,6,8,12,18H,4-5,7H2,1H3,(H3,15,16). The predicted molar refractivity (Wildman–Crippen MR) is 69.4 cm³/mol. The van der Waals surface area contributed by atoms with E-state index >= 15 is 0 Å². The molecule has 2 unspecified atom stereocenters. The fourth-order valence-electron chi connectivity index (χ4n) is 2.20. The summed E-state index contributed by atoms with van der Waals surface area (Å²) in [6.07, 6.45) is 0.417. The normalized spacial score (nSPS) is 24.1. The van der Waals surface area contributed by atoms with Gasteiger partial charge in [-0.3, -0.25) is 5.41 Å². The van der Waals surface area contributed by atoms with Crippen LogP contribution in [-0.4, -0.2) is 30.1 Å². The van der Waals surface area contributed by atoms with E-state index in [0.29, 0.717) is 17.8 Å². The Bertz CT molecular complexity index is 464. The highest BCUT2D eigenvalue weighted by Crippen LogP contribution is 2.26. The van der Waals surface area contributed by atoms with Crippen LogP contribution in [0.4, 0.5) is 10.1 Å². The van der Waals surface area contributed by atoms with Crippen molar-refractivity contribution in [2.24, 2.45) is 11.7 Å². The van der Waals surface area contributed by atoms with Crippen molar-refractivity contribution in [3.05, 3.63) is 29.6 Å². The van der Waals surface area contributed by atoms with Crippen LogP contribution in [0.2, 0.25) is 0 Å². The Balaban J connectivity index is 2.21. The largest absolute Gasteiger partial charge is 0.391 e. The minimum absolute atomic E-state index is 0.146. The summed E-state index contributed by atoms with van der Waals surface area (Å²) in [6.45, 7) is 3.17. The quantitative estimate of drug-likeness (QED) is 0.548. The number of aliphatic hydroxyl groups excluding tert-OH is 1. The van der Waals surface area contributed by atoms with Gasteiger partial charge in [0.1, 0.15) is 11.7 Å². The molecule has 4 nitrogen and oxygen atoms in total. The SMILES string of the molecule is CC1CCN(c2ccc(C(=N)N)cc2F)CC1O. The van der Waals surface area contributed by atoms with Crippen molar-refractivity contribution in [2.75, 3.05) is 18.0 Å². The maximum Gasteiger partial charge on any atom is 0.147 e. The molecule has 2 atom stereocenters. The summed E-state index contributed by atoms with van der Waals surface area (Å²) >= 11 is 0. The molecule has 1 aromatic carbocycles. The molecule has 0 bridgehead atoms. The maximum absolute atomic E-state index is 13.9. The summed E-state index contributed by atoms with van der Waals surface area (Å²) in [5, 5.41) is 17.1. The zero-order valence-electron chi connectivity index (χ0n) is 10.4. The third kappa shape index (κ3) is 2.46. The van der Waals surface area contributed by atoms with Gasteiger partial charge in [-0.2, -0.15) is 0 Å². The minimum Gasteiger partial charge on any atom is -0.391 e. The highest BCUT2D eigenvalue weighted by Gasteiger charge is 2.25. The zero-order chi connectivity index (χ0) is 13.3. The molecule has 5 heteroatoms. The van der Waals surface area contributed by atoms with Crippen LogP contribution in [0.15, 0.2) is 18.2 Å². The summed E-state index contributed by atoms with van der Waals surface area (Å²) < 4.78 is 13.9. The lowest BCUT2D eigenvalue weighted by Gasteiger charge is -2.36. The van der Waals surface area contributed by atoms with Crippen molar-refractivity contribution in [1.82, 2.24) is 0 Å². The van der Waals surface area contributed by atoms with Gasteiger partial charge in [-0.25, -0.2) is 4.39 Å². The van der Waals surface area contributed by atoms with Crippen LogP contribution in [0, 0.1) is 17.1 Å². The fourth-order valence-corrected chi connectivity index (χ4v) is 2.20. The van der Waals surface area contributed by atoms with Crippen molar-refractivity contribution < 1.29 is 9.50 Å². The van der Waals surface area contributed by atoms with E-state index in [1.807, 2.05) is 11.8 Å². The zero-order valence-corrected chi connectivity index (χ0v) is 10.4. The average Bonchev–Trinajstić information content (AvgIpc) is 2.32. The summed E-state index contributed by atoms with van der Waals surface area (Å²) in [6, 6.07) is 4.52. The summed E-state index contributed by atoms with van der Waals surface area (Å²) in [7, 11) is 0. The third-order valence-corrected chi connectivity index (χ3v) is 3.52. The molecule has 1 aromatic rings. The lowest BCUT2D eigenvalue weighted by Crippen LogP contribution is -2.43. The molecule has 1 heterocycles.